The van der Waals surface area contributed by atoms with Crippen LogP contribution < -0.4 is 4.74 Å². The molecule has 0 bridgehead atoms. The third-order valence-corrected chi connectivity index (χ3v) is 3.27. The normalized spacial score (nSPS) is 19.8. The number of rotatable bonds is 6. The molecule has 0 radical (unpaired) electrons. The second kappa shape index (κ2) is 7.26. The standard InChI is InChI=1S/C15H21NO4/c1-2-19-13-5-3-12(4-6-13)10-16-7-8-20-14(11-16)9-15(17)18/h3-6,14H,2,7-11H2,1H3,(H,17,18). The first-order valence-electron chi connectivity index (χ1n) is 6.95. The lowest BCUT2D eigenvalue weighted by molar-refractivity contribution is -0.142. The summed E-state index contributed by atoms with van der Waals surface area (Å²) in [7, 11) is 0. The quantitative estimate of drug-likeness (QED) is 0.860. The minimum Gasteiger partial charge on any atom is -0.494 e. The Balaban J connectivity index is 1.87. The zero-order valence-electron chi connectivity index (χ0n) is 11.7. The van der Waals surface area contributed by atoms with E-state index >= 15 is 0 Å². The predicted molar refractivity (Wildman–Crippen MR) is 74.9 cm³/mol. The zero-order chi connectivity index (χ0) is 14.4. The Morgan fingerprint density at radius 1 is 1.45 bits per heavy atom. The van der Waals surface area contributed by atoms with Crippen LogP contribution in [-0.4, -0.2) is 48.4 Å². The molecule has 0 saturated carbocycles. The van der Waals surface area contributed by atoms with E-state index in [2.05, 4.69) is 4.90 Å². The largest absolute Gasteiger partial charge is 0.494 e. The molecule has 1 atom stereocenters. The molecule has 0 aromatic heterocycles. The maximum atomic E-state index is 10.7. The molecule has 1 N–H and O–H groups in total. The van der Waals surface area contributed by atoms with Crippen LogP contribution in [0, 0.1) is 0 Å². The second-order valence-electron chi connectivity index (χ2n) is 4.90. The Hall–Kier alpha value is -1.59. The van der Waals surface area contributed by atoms with Crippen molar-refractivity contribution in [2.24, 2.45) is 0 Å². The second-order valence-corrected chi connectivity index (χ2v) is 4.90. The van der Waals surface area contributed by atoms with Gasteiger partial charge in [-0.05, 0) is 24.6 Å². The molecule has 0 amide bonds. The lowest BCUT2D eigenvalue weighted by Crippen LogP contribution is -2.42. The van der Waals surface area contributed by atoms with E-state index in [0.717, 1.165) is 18.8 Å². The van der Waals surface area contributed by atoms with Gasteiger partial charge in [0.25, 0.3) is 0 Å². The Kier molecular flexibility index (Phi) is 5.38. The number of hydrogen-bond donors (Lipinski definition) is 1. The lowest BCUT2D eigenvalue weighted by atomic mass is 10.1. The molecule has 110 valence electrons. The average molecular weight is 279 g/mol. The summed E-state index contributed by atoms with van der Waals surface area (Å²) in [6, 6.07) is 8.03. The first-order chi connectivity index (χ1) is 9.67. The van der Waals surface area contributed by atoms with Crippen LogP contribution in [0.25, 0.3) is 0 Å². The van der Waals surface area contributed by atoms with Crippen LogP contribution in [0.3, 0.4) is 0 Å². The van der Waals surface area contributed by atoms with Gasteiger partial charge in [-0.1, -0.05) is 12.1 Å². The van der Waals surface area contributed by atoms with E-state index in [0.29, 0.717) is 19.8 Å². The van der Waals surface area contributed by atoms with Crippen LogP contribution in [0.15, 0.2) is 24.3 Å². The van der Waals surface area contributed by atoms with Crippen LogP contribution >= 0.6 is 0 Å². The first kappa shape index (κ1) is 14.8. The summed E-state index contributed by atoms with van der Waals surface area (Å²) in [5.74, 6) is 0.0694. The van der Waals surface area contributed by atoms with Crippen molar-refractivity contribution in [1.82, 2.24) is 4.90 Å². The number of hydrogen-bond acceptors (Lipinski definition) is 4. The van der Waals surface area contributed by atoms with E-state index in [1.165, 1.54) is 5.56 Å². The number of benzene rings is 1. The van der Waals surface area contributed by atoms with Gasteiger partial charge in [-0.15, -0.1) is 0 Å². The van der Waals surface area contributed by atoms with Crippen molar-refractivity contribution in [3.8, 4) is 5.75 Å². The molecule has 1 heterocycles. The highest BCUT2D eigenvalue weighted by Gasteiger charge is 2.22. The van der Waals surface area contributed by atoms with Crippen molar-refractivity contribution in [3.63, 3.8) is 0 Å². The molecule has 0 aliphatic carbocycles. The Labute approximate surface area is 119 Å². The third-order valence-electron chi connectivity index (χ3n) is 3.27. The first-order valence-corrected chi connectivity index (χ1v) is 6.95. The number of ether oxygens (including phenoxy) is 2. The summed E-state index contributed by atoms with van der Waals surface area (Å²) in [6.07, 6.45) is -0.135. The summed E-state index contributed by atoms with van der Waals surface area (Å²) in [5, 5.41) is 8.81. The Bertz CT molecular complexity index is 432. The predicted octanol–water partition coefficient (Wildman–Crippen LogP) is 1.76. The van der Waals surface area contributed by atoms with Gasteiger partial charge in [0.05, 0.1) is 25.7 Å². The van der Waals surface area contributed by atoms with Crippen molar-refractivity contribution < 1.29 is 19.4 Å². The highest BCUT2D eigenvalue weighted by molar-refractivity contribution is 5.67. The van der Waals surface area contributed by atoms with E-state index in [1.54, 1.807) is 0 Å². The molecule has 1 fully saturated rings. The van der Waals surface area contributed by atoms with Gasteiger partial charge in [0, 0.05) is 19.6 Å². The van der Waals surface area contributed by atoms with Crippen molar-refractivity contribution in [2.45, 2.75) is 26.0 Å². The van der Waals surface area contributed by atoms with Crippen LogP contribution in [0.5, 0.6) is 5.75 Å². The molecule has 1 aromatic carbocycles. The van der Waals surface area contributed by atoms with Crippen molar-refractivity contribution in [1.29, 1.82) is 0 Å². The monoisotopic (exact) mass is 279 g/mol. The minimum absolute atomic E-state index is 0.0692. The van der Waals surface area contributed by atoms with Crippen LogP contribution in [-0.2, 0) is 16.1 Å². The molecule has 1 aliphatic heterocycles. The molecular formula is C15H21NO4. The molecule has 20 heavy (non-hydrogen) atoms. The number of aliphatic carboxylic acids is 1. The summed E-state index contributed by atoms with van der Waals surface area (Å²) in [5.41, 5.74) is 1.20. The van der Waals surface area contributed by atoms with Gasteiger partial charge in [-0.3, -0.25) is 9.69 Å². The maximum Gasteiger partial charge on any atom is 0.306 e. The van der Waals surface area contributed by atoms with E-state index < -0.39 is 5.97 Å². The average Bonchev–Trinajstić information content (AvgIpc) is 2.41. The summed E-state index contributed by atoms with van der Waals surface area (Å²) >= 11 is 0. The van der Waals surface area contributed by atoms with E-state index in [-0.39, 0.29) is 12.5 Å². The lowest BCUT2D eigenvalue weighted by Gasteiger charge is -2.32. The molecular weight excluding hydrogens is 258 g/mol. The smallest absolute Gasteiger partial charge is 0.306 e. The number of carbonyl (C=O) groups is 1. The Morgan fingerprint density at radius 2 is 2.20 bits per heavy atom. The Morgan fingerprint density at radius 3 is 2.85 bits per heavy atom. The van der Waals surface area contributed by atoms with Crippen molar-refractivity contribution in [2.75, 3.05) is 26.3 Å². The topological polar surface area (TPSA) is 59.0 Å². The maximum absolute atomic E-state index is 10.7. The molecule has 2 rings (SSSR count). The molecule has 0 spiro atoms. The molecule has 1 aliphatic rings. The number of morpholine rings is 1. The summed E-state index contributed by atoms with van der Waals surface area (Å²) < 4.78 is 10.9. The molecule has 1 saturated heterocycles. The van der Waals surface area contributed by atoms with Gasteiger partial charge >= 0.3 is 5.97 Å². The van der Waals surface area contributed by atoms with Gasteiger partial charge in [0.2, 0.25) is 0 Å². The fraction of sp³-hybridized carbons (Fsp3) is 0.533. The van der Waals surface area contributed by atoms with Crippen LogP contribution in [0.2, 0.25) is 0 Å². The zero-order valence-corrected chi connectivity index (χ0v) is 11.7. The fourth-order valence-corrected chi connectivity index (χ4v) is 2.36. The van der Waals surface area contributed by atoms with Crippen LogP contribution in [0.1, 0.15) is 18.9 Å². The third kappa shape index (κ3) is 4.51. The van der Waals surface area contributed by atoms with Gasteiger partial charge < -0.3 is 14.6 Å². The van der Waals surface area contributed by atoms with E-state index in [4.69, 9.17) is 14.6 Å². The number of nitrogens with zero attached hydrogens (tertiary/aromatic N) is 1. The minimum atomic E-state index is -0.807. The number of carboxylic acids is 1. The van der Waals surface area contributed by atoms with Crippen molar-refractivity contribution >= 4 is 5.97 Å². The van der Waals surface area contributed by atoms with Crippen LogP contribution in [0.4, 0.5) is 0 Å². The molecule has 5 heteroatoms. The molecule has 1 unspecified atom stereocenters. The van der Waals surface area contributed by atoms with Gasteiger partial charge in [0.15, 0.2) is 0 Å². The van der Waals surface area contributed by atoms with Crippen molar-refractivity contribution in [3.05, 3.63) is 29.8 Å². The SMILES string of the molecule is CCOc1ccc(CN2CCOC(CC(=O)O)C2)cc1. The van der Waals surface area contributed by atoms with E-state index in [1.807, 2.05) is 31.2 Å². The number of carboxylic acid groups (broad SMARTS) is 1. The summed E-state index contributed by atoms with van der Waals surface area (Å²) in [6.45, 7) is 5.54. The molecule has 1 aromatic rings. The van der Waals surface area contributed by atoms with E-state index in [9.17, 15) is 4.79 Å². The summed E-state index contributed by atoms with van der Waals surface area (Å²) in [4.78, 5) is 12.9. The fourth-order valence-electron chi connectivity index (χ4n) is 2.36. The van der Waals surface area contributed by atoms with Gasteiger partial charge in [-0.25, -0.2) is 0 Å². The highest BCUT2D eigenvalue weighted by Crippen LogP contribution is 2.16. The van der Waals surface area contributed by atoms with Gasteiger partial charge in [0.1, 0.15) is 5.75 Å². The van der Waals surface area contributed by atoms with Gasteiger partial charge in [-0.2, -0.15) is 0 Å². The highest BCUT2D eigenvalue weighted by atomic mass is 16.5. The molecule has 5 nitrogen and oxygen atoms in total.